The van der Waals surface area contributed by atoms with E-state index in [-0.39, 0.29) is 12.5 Å². The Labute approximate surface area is 88.1 Å². The summed E-state index contributed by atoms with van der Waals surface area (Å²) >= 11 is 0. The molecule has 5 nitrogen and oxygen atoms in total. The molecule has 0 aromatic rings. The minimum Gasteiger partial charge on any atom is -0.548 e. The van der Waals surface area contributed by atoms with E-state index in [1.54, 1.807) is 6.92 Å². The average molecular weight is 212 g/mol. The molecule has 0 saturated carbocycles. The van der Waals surface area contributed by atoms with Crippen molar-refractivity contribution in [1.29, 1.82) is 0 Å². The smallest absolute Gasteiger partial charge is 0.335 e. The van der Waals surface area contributed by atoms with Gasteiger partial charge in [-0.15, -0.1) is 0 Å². The largest absolute Gasteiger partial charge is 0.548 e. The van der Waals surface area contributed by atoms with Crippen LogP contribution in [0.3, 0.4) is 0 Å². The predicted octanol–water partition coefficient (Wildman–Crippen LogP) is -0.673. The number of esters is 1. The monoisotopic (exact) mass is 212 g/mol. The Morgan fingerprint density at radius 3 is 2.80 bits per heavy atom. The lowest BCUT2D eigenvalue weighted by Crippen LogP contribution is -2.34. The van der Waals surface area contributed by atoms with E-state index in [1.807, 2.05) is 0 Å². The fraction of sp³-hybridized carbons (Fsp3) is 0.600. The second-order valence-electron chi connectivity index (χ2n) is 3.26. The van der Waals surface area contributed by atoms with Gasteiger partial charge in [0.2, 0.25) is 0 Å². The summed E-state index contributed by atoms with van der Waals surface area (Å²) in [6.45, 7) is 1.80. The van der Waals surface area contributed by atoms with Gasteiger partial charge in [-0.05, 0) is 26.2 Å². The van der Waals surface area contributed by atoms with Crippen LogP contribution in [0.25, 0.3) is 0 Å². The first-order chi connectivity index (χ1) is 7.15. The molecule has 5 heteroatoms. The Morgan fingerprint density at radius 1 is 1.47 bits per heavy atom. The van der Waals surface area contributed by atoms with E-state index in [9.17, 15) is 14.7 Å². The van der Waals surface area contributed by atoms with Crippen LogP contribution in [0, 0.1) is 0 Å². The molecular formula is C10H14NO4-. The molecule has 0 amide bonds. The standard InChI is InChI=1S/C10H15NO4/c1-2-15-10(14)7-4-3-5-8(7)11-6-9(12)13/h11H,2-6H2,1H3,(H,12,13)/p-1. The van der Waals surface area contributed by atoms with Crippen LogP contribution in [0.1, 0.15) is 26.2 Å². The quantitative estimate of drug-likeness (QED) is 0.611. The van der Waals surface area contributed by atoms with E-state index in [4.69, 9.17) is 4.74 Å². The van der Waals surface area contributed by atoms with Crippen molar-refractivity contribution >= 4 is 11.9 Å². The van der Waals surface area contributed by atoms with Crippen LogP contribution < -0.4 is 10.4 Å². The van der Waals surface area contributed by atoms with Gasteiger partial charge in [0.1, 0.15) is 0 Å². The third kappa shape index (κ3) is 3.27. The summed E-state index contributed by atoms with van der Waals surface area (Å²) in [7, 11) is 0. The summed E-state index contributed by atoms with van der Waals surface area (Å²) < 4.78 is 4.86. The number of nitrogens with one attached hydrogen (secondary N) is 1. The number of allylic oxidation sites excluding steroid dienone is 1. The molecule has 1 N–H and O–H groups in total. The molecule has 0 unspecified atom stereocenters. The maximum atomic E-state index is 11.4. The highest BCUT2D eigenvalue weighted by atomic mass is 16.5. The molecule has 0 fully saturated rings. The van der Waals surface area contributed by atoms with Crippen molar-refractivity contribution in [2.24, 2.45) is 0 Å². The fourth-order valence-corrected chi connectivity index (χ4v) is 1.56. The SMILES string of the molecule is CCOC(=O)C1=C(NCC(=O)[O-])CCC1. The van der Waals surface area contributed by atoms with Crippen LogP contribution in [-0.2, 0) is 14.3 Å². The van der Waals surface area contributed by atoms with E-state index in [1.165, 1.54) is 0 Å². The third-order valence-corrected chi connectivity index (χ3v) is 2.19. The summed E-state index contributed by atoms with van der Waals surface area (Å²) in [5.41, 5.74) is 1.25. The first kappa shape index (κ1) is 11.6. The molecule has 0 aromatic heterocycles. The molecule has 0 heterocycles. The van der Waals surface area contributed by atoms with Gasteiger partial charge in [0.25, 0.3) is 0 Å². The first-order valence-electron chi connectivity index (χ1n) is 4.98. The van der Waals surface area contributed by atoms with E-state index in [0.29, 0.717) is 30.7 Å². The Balaban J connectivity index is 2.60. The predicted molar refractivity (Wildman–Crippen MR) is 50.5 cm³/mol. The zero-order chi connectivity index (χ0) is 11.3. The maximum absolute atomic E-state index is 11.4. The molecule has 15 heavy (non-hydrogen) atoms. The molecule has 0 bridgehead atoms. The number of carboxylic acid groups (broad SMARTS) is 1. The molecule has 0 aliphatic heterocycles. The molecule has 1 aliphatic rings. The number of carbonyl (C=O) groups is 2. The Bertz CT molecular complexity index is 296. The lowest BCUT2D eigenvalue weighted by Gasteiger charge is -2.10. The van der Waals surface area contributed by atoms with E-state index >= 15 is 0 Å². The number of carboxylic acids is 1. The van der Waals surface area contributed by atoms with Crippen LogP contribution >= 0.6 is 0 Å². The number of hydrogen-bond donors (Lipinski definition) is 1. The lowest BCUT2D eigenvalue weighted by molar-refractivity contribution is -0.303. The van der Waals surface area contributed by atoms with Crippen molar-refractivity contribution in [1.82, 2.24) is 5.32 Å². The zero-order valence-corrected chi connectivity index (χ0v) is 8.67. The van der Waals surface area contributed by atoms with Crippen LogP contribution in [0.5, 0.6) is 0 Å². The highest BCUT2D eigenvalue weighted by Gasteiger charge is 2.21. The molecule has 84 valence electrons. The van der Waals surface area contributed by atoms with Crippen LogP contribution in [-0.4, -0.2) is 25.1 Å². The van der Waals surface area contributed by atoms with E-state index in [0.717, 1.165) is 6.42 Å². The number of ether oxygens (including phenoxy) is 1. The first-order valence-corrected chi connectivity index (χ1v) is 4.98. The lowest BCUT2D eigenvalue weighted by atomic mass is 10.2. The summed E-state index contributed by atoms with van der Waals surface area (Å²) in [6, 6.07) is 0. The second kappa shape index (κ2) is 5.38. The average Bonchev–Trinajstić information content (AvgIpc) is 2.62. The van der Waals surface area contributed by atoms with Crippen LogP contribution in [0.2, 0.25) is 0 Å². The zero-order valence-electron chi connectivity index (χ0n) is 8.67. The van der Waals surface area contributed by atoms with Gasteiger partial charge >= 0.3 is 5.97 Å². The summed E-state index contributed by atoms with van der Waals surface area (Å²) in [5, 5.41) is 12.9. The molecule has 1 aliphatic carbocycles. The topological polar surface area (TPSA) is 78.5 Å². The molecular weight excluding hydrogens is 198 g/mol. The van der Waals surface area contributed by atoms with Gasteiger partial charge in [0.05, 0.1) is 24.7 Å². The van der Waals surface area contributed by atoms with Crippen molar-refractivity contribution < 1.29 is 19.4 Å². The van der Waals surface area contributed by atoms with Crippen LogP contribution in [0.4, 0.5) is 0 Å². The van der Waals surface area contributed by atoms with Crippen molar-refractivity contribution in [3.63, 3.8) is 0 Å². The van der Waals surface area contributed by atoms with Crippen molar-refractivity contribution in [3.05, 3.63) is 11.3 Å². The fourth-order valence-electron chi connectivity index (χ4n) is 1.56. The van der Waals surface area contributed by atoms with Crippen LogP contribution in [0.15, 0.2) is 11.3 Å². The van der Waals surface area contributed by atoms with Gasteiger partial charge in [-0.3, -0.25) is 0 Å². The number of rotatable bonds is 5. The van der Waals surface area contributed by atoms with Gasteiger partial charge in [-0.2, -0.15) is 0 Å². The van der Waals surface area contributed by atoms with Crippen molar-refractivity contribution in [2.45, 2.75) is 26.2 Å². The summed E-state index contributed by atoms with van der Waals surface area (Å²) in [4.78, 5) is 21.7. The Morgan fingerprint density at radius 2 is 2.20 bits per heavy atom. The molecule has 0 aromatic carbocycles. The number of carbonyl (C=O) groups excluding carboxylic acids is 2. The van der Waals surface area contributed by atoms with Gasteiger partial charge in [-0.1, -0.05) is 0 Å². The molecule has 0 atom stereocenters. The van der Waals surface area contributed by atoms with Crippen molar-refractivity contribution in [2.75, 3.05) is 13.2 Å². The van der Waals surface area contributed by atoms with Gasteiger partial charge in [0.15, 0.2) is 0 Å². The summed E-state index contributed by atoms with van der Waals surface area (Å²) in [6.07, 6.45) is 2.19. The maximum Gasteiger partial charge on any atom is 0.335 e. The minimum atomic E-state index is -1.18. The van der Waals surface area contributed by atoms with E-state index in [2.05, 4.69) is 5.32 Å². The van der Waals surface area contributed by atoms with Gasteiger partial charge in [0, 0.05) is 5.70 Å². The third-order valence-electron chi connectivity index (χ3n) is 2.19. The number of hydrogen-bond acceptors (Lipinski definition) is 5. The highest BCUT2D eigenvalue weighted by molar-refractivity contribution is 5.89. The Hall–Kier alpha value is -1.52. The van der Waals surface area contributed by atoms with Gasteiger partial charge < -0.3 is 20.0 Å². The Kier molecular flexibility index (Phi) is 4.15. The normalized spacial score (nSPS) is 15.3. The molecule has 0 saturated heterocycles. The number of aliphatic carboxylic acids is 1. The second-order valence-corrected chi connectivity index (χ2v) is 3.26. The highest BCUT2D eigenvalue weighted by Crippen LogP contribution is 2.24. The van der Waals surface area contributed by atoms with E-state index < -0.39 is 5.97 Å². The molecule has 1 rings (SSSR count). The summed E-state index contributed by atoms with van der Waals surface area (Å²) in [5.74, 6) is -1.53. The minimum absolute atomic E-state index is 0.266. The van der Waals surface area contributed by atoms with Gasteiger partial charge in [-0.25, -0.2) is 4.79 Å². The van der Waals surface area contributed by atoms with Crippen molar-refractivity contribution in [3.8, 4) is 0 Å². The molecule has 0 spiro atoms. The molecule has 0 radical (unpaired) electrons.